The molecule has 2 aromatic carbocycles. The molecule has 30 heavy (non-hydrogen) atoms. The van der Waals surface area contributed by atoms with Crippen LogP contribution in [0.5, 0.6) is 0 Å². The minimum atomic E-state index is -3.54. The van der Waals surface area contributed by atoms with Gasteiger partial charge in [-0.2, -0.15) is 10.2 Å². The number of halogens is 2. The van der Waals surface area contributed by atoms with Crippen molar-refractivity contribution in [3.8, 4) is 6.07 Å². The molecule has 3 rings (SSSR count). The first-order chi connectivity index (χ1) is 14.2. The Bertz CT molecular complexity index is 1240. The molecule has 7 nitrogen and oxygen atoms in total. The zero-order valence-electron chi connectivity index (χ0n) is 16.0. The third kappa shape index (κ3) is 4.50. The van der Waals surface area contributed by atoms with Crippen LogP contribution in [0.4, 0.5) is 27.5 Å². The summed E-state index contributed by atoms with van der Waals surface area (Å²) in [6.45, 7) is 3.20. The van der Waals surface area contributed by atoms with Crippen LogP contribution in [0.25, 0.3) is 0 Å². The predicted molar refractivity (Wildman–Crippen MR) is 113 cm³/mol. The van der Waals surface area contributed by atoms with Crippen LogP contribution in [0.3, 0.4) is 0 Å². The zero-order chi connectivity index (χ0) is 21.9. The zero-order valence-corrected chi connectivity index (χ0v) is 17.6. The average molecular weight is 446 g/mol. The highest BCUT2D eigenvalue weighted by atomic mass is 35.5. The van der Waals surface area contributed by atoms with E-state index in [0.29, 0.717) is 11.4 Å². The van der Waals surface area contributed by atoms with Crippen LogP contribution in [0.15, 0.2) is 53.6 Å². The van der Waals surface area contributed by atoms with Gasteiger partial charge in [0.2, 0.25) is 5.95 Å². The third-order valence-corrected chi connectivity index (χ3v) is 6.64. The second kappa shape index (κ2) is 8.65. The van der Waals surface area contributed by atoms with Crippen LogP contribution in [0, 0.1) is 17.1 Å². The van der Waals surface area contributed by atoms with E-state index in [9.17, 15) is 12.8 Å². The Balaban J connectivity index is 1.93. The fraction of sp³-hybridized carbons (Fsp3) is 0.150. The maximum Gasteiger partial charge on any atom is 0.229 e. The van der Waals surface area contributed by atoms with Gasteiger partial charge in [0.25, 0.3) is 0 Å². The molecule has 0 fully saturated rings. The van der Waals surface area contributed by atoms with Gasteiger partial charge in [-0.15, -0.1) is 0 Å². The van der Waals surface area contributed by atoms with Gasteiger partial charge >= 0.3 is 0 Å². The van der Waals surface area contributed by atoms with Crippen molar-refractivity contribution in [1.82, 2.24) is 9.97 Å². The van der Waals surface area contributed by atoms with E-state index in [0.717, 1.165) is 6.07 Å². The van der Waals surface area contributed by atoms with Crippen molar-refractivity contribution in [2.45, 2.75) is 24.0 Å². The molecular weight excluding hydrogens is 429 g/mol. The molecule has 0 aliphatic heterocycles. The van der Waals surface area contributed by atoms with Crippen molar-refractivity contribution >= 4 is 44.6 Å². The lowest BCUT2D eigenvalue weighted by Crippen LogP contribution is -2.15. The fourth-order valence-electron chi connectivity index (χ4n) is 2.53. The standard InChI is InChI=1S/C20H17ClFN5O2S/c1-12(2)30(28,29)18-6-4-3-5-17(18)26-19-15(21)11-24-20(27-19)25-14-8-7-13(10-23)16(22)9-14/h3-9,11-12H,1-2H3,(H2,24,25,26,27). The van der Waals surface area contributed by atoms with Crippen LogP contribution in [0.1, 0.15) is 19.4 Å². The van der Waals surface area contributed by atoms with E-state index in [4.69, 9.17) is 16.9 Å². The molecule has 1 heterocycles. The van der Waals surface area contributed by atoms with E-state index in [1.165, 1.54) is 24.4 Å². The number of nitriles is 1. The largest absolute Gasteiger partial charge is 0.338 e. The Kier molecular flexibility index (Phi) is 6.20. The number of hydrogen-bond acceptors (Lipinski definition) is 7. The molecular formula is C20H17ClFN5O2S. The first-order valence-corrected chi connectivity index (χ1v) is 10.7. The van der Waals surface area contributed by atoms with E-state index < -0.39 is 20.9 Å². The van der Waals surface area contributed by atoms with Gasteiger partial charge in [-0.25, -0.2) is 17.8 Å². The highest BCUT2D eigenvalue weighted by molar-refractivity contribution is 7.92. The summed E-state index contributed by atoms with van der Waals surface area (Å²) in [4.78, 5) is 8.43. The minimum absolute atomic E-state index is 0.0806. The molecule has 0 spiro atoms. The van der Waals surface area contributed by atoms with Crippen molar-refractivity contribution in [2.24, 2.45) is 0 Å². The maximum atomic E-state index is 13.8. The Morgan fingerprint density at radius 1 is 1.17 bits per heavy atom. The van der Waals surface area contributed by atoms with Crippen LogP contribution in [-0.2, 0) is 9.84 Å². The number of rotatable bonds is 6. The molecule has 0 atom stereocenters. The molecule has 1 aromatic heterocycles. The molecule has 2 N–H and O–H groups in total. The second-order valence-corrected chi connectivity index (χ2v) is 9.42. The Morgan fingerprint density at radius 2 is 1.90 bits per heavy atom. The number of para-hydroxylation sites is 1. The number of aromatic nitrogens is 2. The van der Waals surface area contributed by atoms with E-state index in [1.807, 2.05) is 0 Å². The number of anilines is 4. The highest BCUT2D eigenvalue weighted by Gasteiger charge is 2.23. The third-order valence-electron chi connectivity index (χ3n) is 4.16. The first-order valence-electron chi connectivity index (χ1n) is 8.81. The van der Waals surface area contributed by atoms with Crippen molar-refractivity contribution in [3.05, 3.63) is 65.1 Å². The summed E-state index contributed by atoms with van der Waals surface area (Å²) in [6.07, 6.45) is 1.33. The SMILES string of the molecule is CC(C)S(=O)(=O)c1ccccc1Nc1nc(Nc2ccc(C#N)c(F)c2)ncc1Cl. The lowest BCUT2D eigenvalue weighted by Gasteiger charge is -2.15. The van der Waals surface area contributed by atoms with Gasteiger partial charge < -0.3 is 10.6 Å². The summed E-state index contributed by atoms with van der Waals surface area (Å²) in [5, 5.41) is 14.1. The molecule has 3 aromatic rings. The molecule has 0 aliphatic rings. The van der Waals surface area contributed by atoms with Gasteiger partial charge in [-0.3, -0.25) is 0 Å². The van der Waals surface area contributed by atoms with Crippen molar-refractivity contribution in [2.75, 3.05) is 10.6 Å². The van der Waals surface area contributed by atoms with Gasteiger partial charge in [0, 0.05) is 5.69 Å². The normalized spacial score (nSPS) is 11.2. The number of sulfone groups is 1. The number of benzene rings is 2. The average Bonchev–Trinajstić information content (AvgIpc) is 2.71. The minimum Gasteiger partial charge on any atom is -0.338 e. The predicted octanol–water partition coefficient (Wildman–Crippen LogP) is 4.81. The smallest absolute Gasteiger partial charge is 0.229 e. The van der Waals surface area contributed by atoms with Crippen LogP contribution >= 0.6 is 11.6 Å². The Hall–Kier alpha value is -3.22. The Morgan fingerprint density at radius 3 is 2.57 bits per heavy atom. The summed E-state index contributed by atoms with van der Waals surface area (Å²) < 4.78 is 39.1. The Labute approximate surface area is 178 Å². The van der Waals surface area contributed by atoms with Crippen LogP contribution < -0.4 is 10.6 Å². The molecule has 0 saturated heterocycles. The fourth-order valence-corrected chi connectivity index (χ4v) is 3.87. The van der Waals surface area contributed by atoms with Crippen molar-refractivity contribution < 1.29 is 12.8 Å². The molecule has 154 valence electrons. The highest BCUT2D eigenvalue weighted by Crippen LogP contribution is 2.30. The molecule has 0 aliphatic carbocycles. The van der Waals surface area contributed by atoms with E-state index in [-0.39, 0.29) is 27.2 Å². The number of nitrogens with zero attached hydrogens (tertiary/aromatic N) is 3. The van der Waals surface area contributed by atoms with Gasteiger partial charge in [0.1, 0.15) is 16.9 Å². The maximum absolute atomic E-state index is 13.8. The van der Waals surface area contributed by atoms with Gasteiger partial charge in [-0.1, -0.05) is 23.7 Å². The lowest BCUT2D eigenvalue weighted by atomic mass is 10.2. The summed E-state index contributed by atoms with van der Waals surface area (Å²) in [5.41, 5.74) is 0.577. The second-order valence-electron chi connectivity index (χ2n) is 6.54. The van der Waals surface area contributed by atoms with Crippen LogP contribution in [-0.4, -0.2) is 23.6 Å². The van der Waals surface area contributed by atoms with Gasteiger partial charge in [0.15, 0.2) is 15.7 Å². The van der Waals surface area contributed by atoms with Gasteiger partial charge in [-0.05, 0) is 44.2 Å². The summed E-state index contributed by atoms with van der Waals surface area (Å²) in [5.74, 6) is -0.396. The number of nitrogens with one attached hydrogen (secondary N) is 2. The van der Waals surface area contributed by atoms with Gasteiger partial charge in [0.05, 0.1) is 27.6 Å². The quantitative estimate of drug-likeness (QED) is 0.560. The van der Waals surface area contributed by atoms with E-state index in [1.54, 1.807) is 38.1 Å². The van der Waals surface area contributed by atoms with Crippen molar-refractivity contribution in [1.29, 1.82) is 5.26 Å². The lowest BCUT2D eigenvalue weighted by molar-refractivity contribution is 0.587. The topological polar surface area (TPSA) is 108 Å². The summed E-state index contributed by atoms with van der Waals surface area (Å²) in [6, 6.07) is 12.2. The summed E-state index contributed by atoms with van der Waals surface area (Å²) >= 11 is 6.18. The molecule has 0 bridgehead atoms. The van der Waals surface area contributed by atoms with Crippen molar-refractivity contribution in [3.63, 3.8) is 0 Å². The number of hydrogen-bond donors (Lipinski definition) is 2. The molecule has 0 amide bonds. The molecule has 10 heteroatoms. The molecule has 0 unspecified atom stereocenters. The summed E-state index contributed by atoms with van der Waals surface area (Å²) in [7, 11) is -3.54. The monoisotopic (exact) mass is 445 g/mol. The molecule has 0 radical (unpaired) electrons. The first kappa shape index (κ1) is 21.5. The van der Waals surface area contributed by atoms with E-state index in [2.05, 4.69) is 20.6 Å². The molecule has 0 saturated carbocycles. The van der Waals surface area contributed by atoms with E-state index >= 15 is 0 Å². The van der Waals surface area contributed by atoms with Crippen LogP contribution in [0.2, 0.25) is 5.02 Å².